The van der Waals surface area contributed by atoms with Gasteiger partial charge in [0.05, 0.1) is 17.9 Å². The van der Waals surface area contributed by atoms with E-state index in [1.165, 1.54) is 6.07 Å². The molecule has 4 nitrogen and oxygen atoms in total. The highest BCUT2D eigenvalue weighted by molar-refractivity contribution is 5.91. The Labute approximate surface area is 81.3 Å². The molecule has 1 aliphatic heterocycles. The van der Waals surface area contributed by atoms with Crippen molar-refractivity contribution in [1.82, 2.24) is 0 Å². The van der Waals surface area contributed by atoms with Gasteiger partial charge in [-0.3, -0.25) is 0 Å². The third-order valence-corrected chi connectivity index (χ3v) is 2.34. The van der Waals surface area contributed by atoms with E-state index in [1.807, 2.05) is 0 Å². The average molecular weight is 193 g/mol. The molecule has 1 aliphatic rings. The summed E-state index contributed by atoms with van der Waals surface area (Å²) >= 11 is 0. The summed E-state index contributed by atoms with van der Waals surface area (Å²) in [7, 11) is 0. The number of ether oxygens (including phenoxy) is 1. The molecule has 0 atom stereocenters. The maximum atomic E-state index is 10.9. The summed E-state index contributed by atoms with van der Waals surface area (Å²) in [6.07, 6.45) is 1.57. The lowest BCUT2D eigenvalue weighted by molar-refractivity contribution is 0.0694. The summed E-state index contributed by atoms with van der Waals surface area (Å²) in [6, 6.07) is 3.11. The molecular weight excluding hydrogens is 182 g/mol. The number of hydrogen-bond acceptors (Lipinski definition) is 3. The van der Waals surface area contributed by atoms with Crippen molar-refractivity contribution in [3.8, 4) is 5.75 Å². The zero-order valence-corrected chi connectivity index (χ0v) is 7.62. The molecule has 0 fully saturated rings. The normalized spacial score (nSPS) is 14.3. The van der Waals surface area contributed by atoms with Gasteiger partial charge in [-0.1, -0.05) is 0 Å². The molecular formula is C10H11NO3. The van der Waals surface area contributed by atoms with Gasteiger partial charge in [-0.15, -0.1) is 0 Å². The van der Waals surface area contributed by atoms with Gasteiger partial charge in [-0.2, -0.15) is 0 Å². The molecule has 3 N–H and O–H groups in total. The van der Waals surface area contributed by atoms with Crippen LogP contribution in [-0.4, -0.2) is 17.7 Å². The van der Waals surface area contributed by atoms with Gasteiger partial charge in [0.2, 0.25) is 0 Å². The van der Waals surface area contributed by atoms with Crippen molar-refractivity contribution in [2.45, 2.75) is 12.8 Å². The molecule has 1 aromatic carbocycles. The number of carboxylic acids is 1. The average Bonchev–Trinajstić information content (AvgIpc) is 2.18. The lowest BCUT2D eigenvalue weighted by Crippen LogP contribution is -2.14. The Bertz CT molecular complexity index is 387. The van der Waals surface area contributed by atoms with Crippen molar-refractivity contribution < 1.29 is 14.6 Å². The summed E-state index contributed by atoms with van der Waals surface area (Å²) in [4.78, 5) is 10.9. The van der Waals surface area contributed by atoms with Gasteiger partial charge in [0.1, 0.15) is 5.75 Å². The van der Waals surface area contributed by atoms with Crippen LogP contribution in [0.1, 0.15) is 22.3 Å². The fraction of sp³-hybridized carbons (Fsp3) is 0.300. The Morgan fingerprint density at radius 3 is 3.00 bits per heavy atom. The lowest BCUT2D eigenvalue weighted by Gasteiger charge is -2.20. The van der Waals surface area contributed by atoms with E-state index in [-0.39, 0.29) is 0 Å². The van der Waals surface area contributed by atoms with Crippen LogP contribution in [0.2, 0.25) is 0 Å². The van der Waals surface area contributed by atoms with Crippen molar-refractivity contribution in [3.05, 3.63) is 23.3 Å². The predicted molar refractivity (Wildman–Crippen MR) is 51.6 cm³/mol. The van der Waals surface area contributed by atoms with Gasteiger partial charge >= 0.3 is 5.97 Å². The van der Waals surface area contributed by atoms with Crippen LogP contribution in [0.3, 0.4) is 0 Å². The minimum absolute atomic E-state index is 0.300. The number of anilines is 1. The minimum atomic E-state index is -0.924. The Morgan fingerprint density at radius 1 is 1.50 bits per heavy atom. The highest BCUT2D eigenvalue weighted by atomic mass is 16.5. The van der Waals surface area contributed by atoms with Crippen molar-refractivity contribution in [2.75, 3.05) is 12.3 Å². The predicted octanol–water partition coefficient (Wildman–Crippen LogP) is 1.29. The van der Waals surface area contributed by atoms with Gasteiger partial charge in [-0.05, 0) is 25.0 Å². The smallest absolute Gasteiger partial charge is 0.336 e. The highest BCUT2D eigenvalue weighted by Crippen LogP contribution is 2.33. The summed E-state index contributed by atoms with van der Waals surface area (Å²) in [5.41, 5.74) is 7.24. The number of benzene rings is 1. The van der Waals surface area contributed by atoms with Crippen LogP contribution in [0.15, 0.2) is 12.1 Å². The molecule has 1 heterocycles. The summed E-state index contributed by atoms with van der Waals surface area (Å²) in [5.74, 6) is -0.372. The Kier molecular flexibility index (Phi) is 2.04. The topological polar surface area (TPSA) is 72.6 Å². The van der Waals surface area contributed by atoms with Crippen molar-refractivity contribution >= 4 is 11.7 Å². The molecule has 0 spiro atoms. The van der Waals surface area contributed by atoms with Crippen molar-refractivity contribution in [1.29, 1.82) is 0 Å². The number of hydrogen-bond donors (Lipinski definition) is 2. The molecule has 0 saturated heterocycles. The number of fused-ring (bicyclic) bond motifs is 1. The van der Waals surface area contributed by atoms with E-state index in [4.69, 9.17) is 15.6 Å². The molecule has 0 aliphatic carbocycles. The fourth-order valence-electron chi connectivity index (χ4n) is 1.69. The van der Waals surface area contributed by atoms with Crippen LogP contribution in [0.25, 0.3) is 0 Å². The van der Waals surface area contributed by atoms with E-state index >= 15 is 0 Å². The number of nitrogen functional groups attached to an aromatic ring is 1. The highest BCUT2D eigenvalue weighted by Gasteiger charge is 2.20. The maximum absolute atomic E-state index is 10.9. The standard InChI is InChI=1S/C10H11NO3/c11-8-4-3-7(10(12)13)6-2-1-5-14-9(6)8/h3-4H,1-2,5,11H2,(H,12,13). The summed E-state index contributed by atoms with van der Waals surface area (Å²) in [6.45, 7) is 0.611. The Hall–Kier alpha value is -1.71. The van der Waals surface area contributed by atoms with Gasteiger partial charge in [0, 0.05) is 5.56 Å². The second-order valence-electron chi connectivity index (χ2n) is 3.27. The number of rotatable bonds is 1. The van der Waals surface area contributed by atoms with Crippen LogP contribution in [0, 0.1) is 0 Å². The molecule has 1 aromatic rings. The molecule has 0 bridgehead atoms. The van der Waals surface area contributed by atoms with Crippen molar-refractivity contribution in [3.63, 3.8) is 0 Å². The Morgan fingerprint density at radius 2 is 2.29 bits per heavy atom. The zero-order valence-electron chi connectivity index (χ0n) is 7.62. The van der Waals surface area contributed by atoms with Crippen molar-refractivity contribution in [2.24, 2.45) is 0 Å². The summed E-state index contributed by atoms with van der Waals surface area (Å²) < 4.78 is 5.36. The molecule has 2 rings (SSSR count). The van der Waals surface area contributed by atoms with Gasteiger partial charge in [-0.25, -0.2) is 4.79 Å². The number of aromatic carboxylic acids is 1. The lowest BCUT2D eigenvalue weighted by atomic mass is 9.99. The zero-order chi connectivity index (χ0) is 10.1. The molecule has 74 valence electrons. The quantitative estimate of drug-likeness (QED) is 0.659. The molecule has 0 unspecified atom stereocenters. The minimum Gasteiger partial charge on any atom is -0.491 e. The van der Waals surface area contributed by atoms with Crippen LogP contribution >= 0.6 is 0 Å². The second-order valence-corrected chi connectivity index (χ2v) is 3.27. The first-order valence-electron chi connectivity index (χ1n) is 4.47. The van der Waals surface area contributed by atoms with E-state index in [9.17, 15) is 4.79 Å². The number of carbonyl (C=O) groups is 1. The SMILES string of the molecule is Nc1ccc(C(=O)O)c2c1OCCC2. The third kappa shape index (κ3) is 1.28. The first-order chi connectivity index (χ1) is 6.70. The molecule has 0 saturated carbocycles. The molecule has 0 radical (unpaired) electrons. The van der Waals surface area contributed by atoms with E-state index < -0.39 is 5.97 Å². The number of carboxylic acid groups (broad SMARTS) is 1. The molecule has 14 heavy (non-hydrogen) atoms. The van der Waals surface area contributed by atoms with Crippen LogP contribution in [0.4, 0.5) is 5.69 Å². The maximum Gasteiger partial charge on any atom is 0.336 e. The Balaban J connectivity index is 2.59. The first kappa shape index (κ1) is 8.87. The van der Waals surface area contributed by atoms with E-state index in [1.54, 1.807) is 6.07 Å². The van der Waals surface area contributed by atoms with Crippen LogP contribution in [0.5, 0.6) is 5.75 Å². The second kappa shape index (κ2) is 3.21. The first-order valence-corrected chi connectivity index (χ1v) is 4.47. The number of nitrogens with two attached hydrogens (primary N) is 1. The molecule has 0 aromatic heterocycles. The van der Waals surface area contributed by atoms with E-state index in [0.29, 0.717) is 23.6 Å². The third-order valence-electron chi connectivity index (χ3n) is 2.34. The summed E-state index contributed by atoms with van der Waals surface area (Å²) in [5, 5.41) is 8.94. The van der Waals surface area contributed by atoms with Gasteiger partial charge in [0.25, 0.3) is 0 Å². The molecule has 0 amide bonds. The fourth-order valence-corrected chi connectivity index (χ4v) is 1.69. The van der Waals surface area contributed by atoms with E-state index in [2.05, 4.69) is 0 Å². The van der Waals surface area contributed by atoms with Crippen LogP contribution in [-0.2, 0) is 6.42 Å². The largest absolute Gasteiger partial charge is 0.491 e. The molecule has 4 heteroatoms. The monoisotopic (exact) mass is 193 g/mol. The van der Waals surface area contributed by atoms with Gasteiger partial charge in [0.15, 0.2) is 0 Å². The van der Waals surface area contributed by atoms with E-state index in [0.717, 1.165) is 18.4 Å². The van der Waals surface area contributed by atoms with Crippen LogP contribution < -0.4 is 10.5 Å². The van der Waals surface area contributed by atoms with Gasteiger partial charge < -0.3 is 15.6 Å².